The molecule has 23 heavy (non-hydrogen) atoms. The highest BCUT2D eigenvalue weighted by Crippen LogP contribution is 2.36. The lowest BCUT2D eigenvalue weighted by Gasteiger charge is -2.36. The van der Waals surface area contributed by atoms with E-state index < -0.39 is 11.7 Å². The third-order valence-electron chi connectivity index (χ3n) is 4.38. The minimum atomic E-state index is -4.31. The van der Waals surface area contributed by atoms with Gasteiger partial charge in [0, 0.05) is 25.0 Å². The largest absolute Gasteiger partial charge is 0.416 e. The van der Waals surface area contributed by atoms with E-state index in [9.17, 15) is 13.2 Å². The summed E-state index contributed by atoms with van der Waals surface area (Å²) in [4.78, 5) is 6.30. The van der Waals surface area contributed by atoms with Gasteiger partial charge in [-0.3, -0.25) is 9.88 Å². The first kappa shape index (κ1) is 16.0. The Morgan fingerprint density at radius 2 is 1.91 bits per heavy atom. The average Bonchev–Trinajstić information content (AvgIpc) is 2.56. The highest BCUT2D eigenvalue weighted by atomic mass is 19.4. The molecular formula is C18H19F3N2. The van der Waals surface area contributed by atoms with Gasteiger partial charge in [0.25, 0.3) is 0 Å². The number of hydrogen-bond donors (Lipinski definition) is 0. The molecule has 1 aromatic heterocycles. The summed E-state index contributed by atoms with van der Waals surface area (Å²) in [5.41, 5.74) is 0.892. The van der Waals surface area contributed by atoms with Gasteiger partial charge in [-0.1, -0.05) is 30.7 Å². The summed E-state index contributed by atoms with van der Waals surface area (Å²) in [5, 5.41) is 0. The van der Waals surface area contributed by atoms with Gasteiger partial charge in [0.05, 0.1) is 5.56 Å². The van der Waals surface area contributed by atoms with Gasteiger partial charge < -0.3 is 0 Å². The van der Waals surface area contributed by atoms with Crippen LogP contribution in [0.1, 0.15) is 42.0 Å². The Kier molecular flexibility index (Phi) is 4.66. The van der Waals surface area contributed by atoms with E-state index in [-0.39, 0.29) is 6.04 Å². The summed E-state index contributed by atoms with van der Waals surface area (Å²) in [6.45, 7) is 1.13. The molecule has 1 aromatic carbocycles. The number of rotatable bonds is 3. The summed E-state index contributed by atoms with van der Waals surface area (Å²) in [6.07, 6.45) is 2.30. The minimum Gasteiger partial charge on any atom is -0.292 e. The molecule has 0 amide bonds. The van der Waals surface area contributed by atoms with Crippen LogP contribution in [-0.2, 0) is 12.7 Å². The van der Waals surface area contributed by atoms with Crippen LogP contribution in [-0.4, -0.2) is 16.4 Å². The molecule has 1 fully saturated rings. The quantitative estimate of drug-likeness (QED) is 0.805. The SMILES string of the molecule is FC(F)(F)c1ccccc1CN1CCCCC1c1cccnc1. The van der Waals surface area contributed by atoms with Crippen molar-refractivity contribution in [3.63, 3.8) is 0 Å². The monoisotopic (exact) mass is 320 g/mol. The van der Waals surface area contributed by atoms with Crippen molar-refractivity contribution >= 4 is 0 Å². The molecule has 0 bridgehead atoms. The van der Waals surface area contributed by atoms with Crippen LogP contribution in [0.4, 0.5) is 13.2 Å². The second kappa shape index (κ2) is 6.71. The zero-order valence-corrected chi connectivity index (χ0v) is 12.8. The Balaban J connectivity index is 1.86. The number of aromatic nitrogens is 1. The number of hydrogen-bond acceptors (Lipinski definition) is 2. The van der Waals surface area contributed by atoms with Crippen molar-refractivity contribution in [2.24, 2.45) is 0 Å². The van der Waals surface area contributed by atoms with Crippen molar-refractivity contribution in [1.82, 2.24) is 9.88 Å². The Labute approximate surface area is 134 Å². The molecule has 0 radical (unpaired) electrons. The molecule has 0 spiro atoms. The molecule has 1 aliphatic rings. The van der Waals surface area contributed by atoms with E-state index in [1.807, 2.05) is 18.3 Å². The van der Waals surface area contributed by atoms with Gasteiger partial charge in [-0.2, -0.15) is 13.2 Å². The van der Waals surface area contributed by atoms with Crippen LogP contribution in [0.3, 0.4) is 0 Å². The maximum absolute atomic E-state index is 13.2. The van der Waals surface area contributed by atoms with Crippen LogP contribution in [0.2, 0.25) is 0 Å². The molecule has 2 nitrogen and oxygen atoms in total. The molecule has 1 unspecified atom stereocenters. The predicted octanol–water partition coefficient (Wildman–Crippen LogP) is 4.83. The summed E-state index contributed by atoms with van der Waals surface area (Å²) in [7, 11) is 0. The fraction of sp³-hybridized carbons (Fsp3) is 0.389. The summed E-state index contributed by atoms with van der Waals surface area (Å²) >= 11 is 0. The lowest BCUT2D eigenvalue weighted by Crippen LogP contribution is -2.33. The predicted molar refractivity (Wildman–Crippen MR) is 82.7 cm³/mol. The molecule has 0 saturated carbocycles. The Bertz CT molecular complexity index is 640. The van der Waals surface area contributed by atoms with Gasteiger partial charge in [0.15, 0.2) is 0 Å². The maximum atomic E-state index is 13.2. The van der Waals surface area contributed by atoms with Gasteiger partial charge in [-0.15, -0.1) is 0 Å². The van der Waals surface area contributed by atoms with Gasteiger partial charge >= 0.3 is 6.18 Å². The fourth-order valence-corrected chi connectivity index (χ4v) is 3.28. The highest BCUT2D eigenvalue weighted by Gasteiger charge is 2.34. The maximum Gasteiger partial charge on any atom is 0.416 e. The van der Waals surface area contributed by atoms with Crippen LogP contribution in [0.15, 0.2) is 48.8 Å². The van der Waals surface area contributed by atoms with Crippen LogP contribution in [0, 0.1) is 0 Å². The van der Waals surface area contributed by atoms with Gasteiger partial charge in [0.2, 0.25) is 0 Å². The molecule has 5 heteroatoms. The van der Waals surface area contributed by atoms with Crippen molar-refractivity contribution in [3.8, 4) is 0 Å². The molecule has 0 aliphatic carbocycles. The standard InChI is InChI=1S/C18H19F3N2/c19-18(20,21)16-8-2-1-6-15(16)13-23-11-4-3-9-17(23)14-7-5-10-22-12-14/h1-2,5-8,10,12,17H,3-4,9,11,13H2. The zero-order valence-electron chi connectivity index (χ0n) is 12.8. The van der Waals surface area contributed by atoms with Gasteiger partial charge in [-0.05, 0) is 42.6 Å². The second-order valence-electron chi connectivity index (χ2n) is 5.92. The fourth-order valence-electron chi connectivity index (χ4n) is 3.28. The van der Waals surface area contributed by atoms with Crippen LogP contribution >= 0.6 is 0 Å². The van der Waals surface area contributed by atoms with Crippen LogP contribution in [0.25, 0.3) is 0 Å². The molecule has 3 rings (SSSR count). The normalized spacial score (nSPS) is 19.7. The van der Waals surface area contributed by atoms with Crippen molar-refractivity contribution < 1.29 is 13.2 Å². The van der Waals surface area contributed by atoms with Crippen molar-refractivity contribution in [2.45, 2.75) is 38.0 Å². The number of benzene rings is 1. The third kappa shape index (κ3) is 3.72. The lowest BCUT2D eigenvalue weighted by atomic mass is 9.95. The molecule has 1 atom stereocenters. The highest BCUT2D eigenvalue weighted by molar-refractivity contribution is 5.30. The first-order valence-electron chi connectivity index (χ1n) is 7.85. The second-order valence-corrected chi connectivity index (χ2v) is 5.92. The minimum absolute atomic E-state index is 0.138. The Hall–Kier alpha value is -1.88. The smallest absolute Gasteiger partial charge is 0.292 e. The number of pyridine rings is 1. The molecule has 2 aromatic rings. The van der Waals surface area contributed by atoms with Crippen molar-refractivity contribution in [2.75, 3.05) is 6.54 Å². The molecule has 122 valence electrons. The summed E-state index contributed by atoms with van der Waals surface area (Å²) in [5.74, 6) is 0. The third-order valence-corrected chi connectivity index (χ3v) is 4.38. The zero-order chi connectivity index (χ0) is 16.3. The summed E-state index contributed by atoms with van der Waals surface area (Å²) < 4.78 is 39.6. The van der Waals surface area contributed by atoms with E-state index in [4.69, 9.17) is 0 Å². The first-order chi connectivity index (χ1) is 11.1. The number of piperidine rings is 1. The van der Waals surface area contributed by atoms with Crippen molar-refractivity contribution in [3.05, 3.63) is 65.5 Å². The Morgan fingerprint density at radius 1 is 1.09 bits per heavy atom. The number of nitrogens with zero attached hydrogens (tertiary/aromatic N) is 2. The van der Waals surface area contributed by atoms with E-state index in [1.165, 1.54) is 12.1 Å². The molecule has 1 saturated heterocycles. The van der Waals surface area contributed by atoms with E-state index in [0.29, 0.717) is 12.1 Å². The van der Waals surface area contributed by atoms with Gasteiger partial charge in [0.1, 0.15) is 0 Å². The van der Waals surface area contributed by atoms with E-state index >= 15 is 0 Å². The van der Waals surface area contributed by atoms with E-state index in [2.05, 4.69) is 9.88 Å². The lowest BCUT2D eigenvalue weighted by molar-refractivity contribution is -0.138. The van der Waals surface area contributed by atoms with E-state index in [1.54, 1.807) is 18.3 Å². The molecule has 2 heterocycles. The average molecular weight is 320 g/mol. The topological polar surface area (TPSA) is 16.1 Å². The molecule has 1 aliphatic heterocycles. The van der Waals surface area contributed by atoms with Crippen LogP contribution < -0.4 is 0 Å². The summed E-state index contributed by atoms with van der Waals surface area (Å²) in [6, 6.07) is 9.89. The van der Waals surface area contributed by atoms with Crippen molar-refractivity contribution in [1.29, 1.82) is 0 Å². The van der Waals surface area contributed by atoms with Crippen LogP contribution in [0.5, 0.6) is 0 Å². The Morgan fingerprint density at radius 3 is 2.65 bits per heavy atom. The molecular weight excluding hydrogens is 301 g/mol. The number of halogens is 3. The van der Waals surface area contributed by atoms with E-state index in [0.717, 1.165) is 31.4 Å². The first-order valence-corrected chi connectivity index (χ1v) is 7.85. The number of alkyl halides is 3. The molecule has 0 N–H and O–H groups in total. The van der Waals surface area contributed by atoms with Gasteiger partial charge in [-0.25, -0.2) is 0 Å². The number of likely N-dealkylation sites (tertiary alicyclic amines) is 1.